The van der Waals surface area contributed by atoms with Crippen LogP contribution in [-0.2, 0) is 0 Å². The lowest BCUT2D eigenvalue weighted by Gasteiger charge is -1.98. The molecular formula is C13H13NOS. The summed E-state index contributed by atoms with van der Waals surface area (Å²) < 4.78 is 0. The molecule has 0 saturated heterocycles. The molecule has 0 saturated carbocycles. The first-order valence-corrected chi connectivity index (χ1v) is 6.09. The predicted molar refractivity (Wildman–Crippen MR) is 67.0 cm³/mol. The van der Waals surface area contributed by atoms with E-state index in [0.717, 1.165) is 22.6 Å². The minimum Gasteiger partial charge on any atom is -0.298 e. The lowest BCUT2D eigenvalue weighted by molar-refractivity contribution is 0.112. The summed E-state index contributed by atoms with van der Waals surface area (Å²) in [5.41, 5.74) is 2.82. The number of aromatic nitrogens is 1. The van der Waals surface area contributed by atoms with Crippen LogP contribution in [0.25, 0.3) is 10.6 Å². The molecule has 1 aromatic carbocycles. The molecular weight excluding hydrogens is 218 g/mol. The SMILES string of the molecule is CC(C)c1csc(-c2cccc(C=O)c2)n1. The van der Waals surface area contributed by atoms with Crippen molar-refractivity contribution in [2.75, 3.05) is 0 Å². The van der Waals surface area contributed by atoms with Crippen molar-refractivity contribution in [3.05, 3.63) is 40.9 Å². The third kappa shape index (κ3) is 2.19. The van der Waals surface area contributed by atoms with Crippen molar-refractivity contribution in [3.63, 3.8) is 0 Å². The third-order valence-corrected chi connectivity index (χ3v) is 3.29. The Labute approximate surface area is 99.0 Å². The van der Waals surface area contributed by atoms with Gasteiger partial charge in [0, 0.05) is 16.5 Å². The Hall–Kier alpha value is -1.48. The van der Waals surface area contributed by atoms with Crippen LogP contribution < -0.4 is 0 Å². The second-order valence-corrected chi connectivity index (χ2v) is 4.83. The summed E-state index contributed by atoms with van der Waals surface area (Å²) in [6.07, 6.45) is 0.862. The summed E-state index contributed by atoms with van der Waals surface area (Å²) in [7, 11) is 0. The molecule has 2 rings (SSSR count). The zero-order valence-electron chi connectivity index (χ0n) is 9.31. The van der Waals surface area contributed by atoms with E-state index in [2.05, 4.69) is 24.2 Å². The molecule has 16 heavy (non-hydrogen) atoms. The Bertz CT molecular complexity index is 502. The van der Waals surface area contributed by atoms with Gasteiger partial charge in [0.05, 0.1) is 5.69 Å². The minimum absolute atomic E-state index is 0.444. The van der Waals surface area contributed by atoms with Gasteiger partial charge in [-0.3, -0.25) is 4.79 Å². The van der Waals surface area contributed by atoms with Crippen LogP contribution in [0.4, 0.5) is 0 Å². The topological polar surface area (TPSA) is 30.0 Å². The van der Waals surface area contributed by atoms with E-state index in [0.29, 0.717) is 11.5 Å². The smallest absolute Gasteiger partial charge is 0.150 e. The van der Waals surface area contributed by atoms with E-state index in [9.17, 15) is 4.79 Å². The molecule has 0 aliphatic heterocycles. The second kappa shape index (κ2) is 4.58. The monoisotopic (exact) mass is 231 g/mol. The van der Waals surface area contributed by atoms with E-state index in [-0.39, 0.29) is 0 Å². The van der Waals surface area contributed by atoms with Gasteiger partial charge in [-0.2, -0.15) is 0 Å². The van der Waals surface area contributed by atoms with Gasteiger partial charge in [-0.25, -0.2) is 4.98 Å². The molecule has 0 bridgehead atoms. The molecule has 0 aliphatic rings. The summed E-state index contributed by atoms with van der Waals surface area (Å²) in [5, 5.41) is 3.06. The molecule has 2 aromatic rings. The average Bonchev–Trinajstić information content (AvgIpc) is 2.78. The largest absolute Gasteiger partial charge is 0.298 e. The molecule has 0 radical (unpaired) electrons. The van der Waals surface area contributed by atoms with Gasteiger partial charge in [0.2, 0.25) is 0 Å². The molecule has 1 heterocycles. The van der Waals surface area contributed by atoms with E-state index in [1.807, 2.05) is 18.2 Å². The predicted octanol–water partition coefficient (Wildman–Crippen LogP) is 3.75. The van der Waals surface area contributed by atoms with Crippen LogP contribution >= 0.6 is 11.3 Å². The molecule has 0 amide bonds. The van der Waals surface area contributed by atoms with Gasteiger partial charge in [0.1, 0.15) is 11.3 Å². The molecule has 82 valence electrons. The number of thiazole rings is 1. The molecule has 0 spiro atoms. The van der Waals surface area contributed by atoms with Gasteiger partial charge < -0.3 is 0 Å². The first kappa shape index (κ1) is 11.0. The van der Waals surface area contributed by atoms with Crippen LogP contribution in [0.1, 0.15) is 35.8 Å². The number of nitrogens with zero attached hydrogens (tertiary/aromatic N) is 1. The Morgan fingerprint density at radius 2 is 2.19 bits per heavy atom. The lowest BCUT2D eigenvalue weighted by Crippen LogP contribution is -1.87. The highest BCUT2D eigenvalue weighted by Gasteiger charge is 2.07. The lowest BCUT2D eigenvalue weighted by atomic mass is 10.1. The molecule has 0 aliphatic carbocycles. The summed E-state index contributed by atoms with van der Waals surface area (Å²) in [6.45, 7) is 4.25. The van der Waals surface area contributed by atoms with Gasteiger partial charge in [-0.05, 0) is 12.0 Å². The number of hydrogen-bond donors (Lipinski definition) is 0. The van der Waals surface area contributed by atoms with Crippen molar-refractivity contribution in [3.8, 4) is 10.6 Å². The van der Waals surface area contributed by atoms with Gasteiger partial charge in [0.15, 0.2) is 0 Å². The van der Waals surface area contributed by atoms with Crippen LogP contribution in [0.3, 0.4) is 0 Å². The molecule has 0 unspecified atom stereocenters. The normalized spacial score (nSPS) is 10.7. The molecule has 1 aromatic heterocycles. The fourth-order valence-corrected chi connectivity index (χ4v) is 2.41. The van der Waals surface area contributed by atoms with Crippen molar-refractivity contribution in [1.82, 2.24) is 4.98 Å². The summed E-state index contributed by atoms with van der Waals surface area (Å²) in [5.74, 6) is 0.444. The maximum atomic E-state index is 10.7. The van der Waals surface area contributed by atoms with Crippen molar-refractivity contribution in [2.45, 2.75) is 19.8 Å². The zero-order chi connectivity index (χ0) is 11.5. The zero-order valence-corrected chi connectivity index (χ0v) is 10.1. The molecule has 0 fully saturated rings. The van der Waals surface area contributed by atoms with Crippen molar-refractivity contribution < 1.29 is 4.79 Å². The Morgan fingerprint density at radius 3 is 2.81 bits per heavy atom. The highest BCUT2D eigenvalue weighted by Crippen LogP contribution is 2.26. The van der Waals surface area contributed by atoms with Crippen molar-refractivity contribution in [2.24, 2.45) is 0 Å². The molecule has 2 nitrogen and oxygen atoms in total. The summed E-state index contributed by atoms with van der Waals surface area (Å²) in [6, 6.07) is 7.54. The third-order valence-electron chi connectivity index (χ3n) is 2.38. The fraction of sp³-hybridized carbons (Fsp3) is 0.231. The number of hydrogen-bond acceptors (Lipinski definition) is 3. The maximum Gasteiger partial charge on any atom is 0.150 e. The first-order valence-electron chi connectivity index (χ1n) is 5.21. The van der Waals surface area contributed by atoms with Crippen molar-refractivity contribution in [1.29, 1.82) is 0 Å². The molecule has 0 N–H and O–H groups in total. The highest BCUT2D eigenvalue weighted by atomic mass is 32.1. The van der Waals surface area contributed by atoms with Crippen molar-refractivity contribution >= 4 is 17.6 Å². The van der Waals surface area contributed by atoms with Gasteiger partial charge in [-0.15, -0.1) is 11.3 Å². The Morgan fingerprint density at radius 1 is 1.38 bits per heavy atom. The first-order chi connectivity index (χ1) is 7.70. The van der Waals surface area contributed by atoms with Crippen LogP contribution in [0.15, 0.2) is 29.6 Å². The quantitative estimate of drug-likeness (QED) is 0.753. The minimum atomic E-state index is 0.444. The number of carbonyl (C=O) groups is 1. The Kier molecular flexibility index (Phi) is 3.15. The van der Waals surface area contributed by atoms with E-state index < -0.39 is 0 Å². The van der Waals surface area contributed by atoms with E-state index in [4.69, 9.17) is 0 Å². The van der Waals surface area contributed by atoms with Crippen LogP contribution in [0.5, 0.6) is 0 Å². The van der Waals surface area contributed by atoms with E-state index >= 15 is 0 Å². The molecule has 0 atom stereocenters. The van der Waals surface area contributed by atoms with Gasteiger partial charge in [0.25, 0.3) is 0 Å². The number of rotatable bonds is 3. The number of benzene rings is 1. The second-order valence-electron chi connectivity index (χ2n) is 3.98. The van der Waals surface area contributed by atoms with Crippen LogP contribution in [0, 0.1) is 0 Å². The summed E-state index contributed by atoms with van der Waals surface area (Å²) in [4.78, 5) is 15.2. The fourth-order valence-electron chi connectivity index (χ4n) is 1.43. The standard InChI is InChI=1S/C13H13NOS/c1-9(2)12-8-16-13(14-12)11-5-3-4-10(6-11)7-15/h3-9H,1-2H3. The van der Waals surface area contributed by atoms with Gasteiger partial charge in [-0.1, -0.05) is 32.0 Å². The van der Waals surface area contributed by atoms with Gasteiger partial charge >= 0.3 is 0 Å². The van der Waals surface area contributed by atoms with E-state index in [1.165, 1.54) is 0 Å². The molecule has 3 heteroatoms. The highest BCUT2D eigenvalue weighted by molar-refractivity contribution is 7.13. The van der Waals surface area contributed by atoms with Crippen LogP contribution in [0.2, 0.25) is 0 Å². The Balaban J connectivity index is 2.38. The number of aldehydes is 1. The summed E-state index contributed by atoms with van der Waals surface area (Å²) >= 11 is 1.62. The number of carbonyl (C=O) groups excluding carboxylic acids is 1. The van der Waals surface area contributed by atoms with Crippen LogP contribution in [-0.4, -0.2) is 11.3 Å². The average molecular weight is 231 g/mol. The maximum absolute atomic E-state index is 10.7. The van der Waals surface area contributed by atoms with E-state index in [1.54, 1.807) is 17.4 Å².